The summed E-state index contributed by atoms with van der Waals surface area (Å²) < 4.78 is 26.6. The Morgan fingerprint density at radius 3 is 2.50 bits per heavy atom. The van der Waals surface area contributed by atoms with E-state index in [4.69, 9.17) is 5.11 Å². The molecule has 1 aromatic heterocycles. The molecule has 0 bridgehead atoms. The van der Waals surface area contributed by atoms with Crippen LogP contribution >= 0.6 is 0 Å². The molecule has 0 saturated carbocycles. The van der Waals surface area contributed by atoms with E-state index in [2.05, 4.69) is 11.7 Å². The van der Waals surface area contributed by atoms with Crippen LogP contribution in [0.1, 0.15) is 33.6 Å². The quantitative estimate of drug-likeness (QED) is 0.913. The van der Waals surface area contributed by atoms with Gasteiger partial charge in [-0.2, -0.15) is 5.10 Å². The van der Waals surface area contributed by atoms with Crippen molar-refractivity contribution < 1.29 is 18.7 Å². The molecule has 20 heavy (non-hydrogen) atoms. The molecule has 2 rings (SSSR count). The number of nitrogens with zero attached hydrogens (tertiary/aromatic N) is 2. The summed E-state index contributed by atoms with van der Waals surface area (Å²) in [6.07, 6.45) is -0.106. The molecule has 0 aliphatic carbocycles. The van der Waals surface area contributed by atoms with Gasteiger partial charge in [0.25, 0.3) is 6.43 Å². The van der Waals surface area contributed by atoms with E-state index in [-0.39, 0.29) is 6.54 Å². The predicted molar refractivity (Wildman–Crippen MR) is 69.8 cm³/mol. The lowest BCUT2D eigenvalue weighted by Crippen LogP contribution is -2.01. The summed E-state index contributed by atoms with van der Waals surface area (Å²) in [7, 11) is 0. The van der Waals surface area contributed by atoms with Crippen LogP contribution in [0.25, 0.3) is 6.08 Å². The van der Waals surface area contributed by atoms with E-state index in [1.54, 1.807) is 18.2 Å². The first-order valence-electron chi connectivity index (χ1n) is 5.81. The molecule has 2 aromatic rings. The van der Waals surface area contributed by atoms with Crippen molar-refractivity contribution >= 4 is 12.0 Å². The van der Waals surface area contributed by atoms with Crippen LogP contribution in [-0.2, 0) is 6.54 Å². The number of aromatic nitrogens is 2. The fourth-order valence-corrected chi connectivity index (χ4v) is 1.79. The predicted octanol–water partition coefficient (Wildman–Crippen LogP) is 3.21. The minimum Gasteiger partial charge on any atom is -0.478 e. The molecule has 4 nitrogen and oxygen atoms in total. The number of alkyl halides is 2. The van der Waals surface area contributed by atoms with Gasteiger partial charge in [-0.25, -0.2) is 13.6 Å². The first kappa shape index (κ1) is 13.9. The van der Waals surface area contributed by atoms with Crippen LogP contribution in [0.15, 0.2) is 37.0 Å². The van der Waals surface area contributed by atoms with Crippen molar-refractivity contribution in [3.8, 4) is 0 Å². The monoisotopic (exact) mass is 278 g/mol. The third-order valence-electron chi connectivity index (χ3n) is 2.79. The number of benzene rings is 1. The van der Waals surface area contributed by atoms with Crippen LogP contribution in [0.5, 0.6) is 0 Å². The van der Waals surface area contributed by atoms with E-state index in [9.17, 15) is 13.6 Å². The average Bonchev–Trinajstić information content (AvgIpc) is 2.84. The zero-order valence-electron chi connectivity index (χ0n) is 10.5. The van der Waals surface area contributed by atoms with E-state index in [1.807, 2.05) is 12.1 Å². The Balaban J connectivity index is 2.26. The highest BCUT2D eigenvalue weighted by Crippen LogP contribution is 2.21. The molecule has 0 amide bonds. The Labute approximate surface area is 114 Å². The van der Waals surface area contributed by atoms with Gasteiger partial charge in [-0.1, -0.05) is 36.9 Å². The molecular weight excluding hydrogens is 266 g/mol. The highest BCUT2D eigenvalue weighted by molar-refractivity contribution is 5.88. The summed E-state index contributed by atoms with van der Waals surface area (Å²) >= 11 is 0. The molecule has 1 N–H and O–H groups in total. The molecular formula is C14H12F2N2O2. The molecule has 1 aromatic carbocycles. The maximum Gasteiger partial charge on any atom is 0.339 e. The summed E-state index contributed by atoms with van der Waals surface area (Å²) in [5, 5.41) is 12.5. The summed E-state index contributed by atoms with van der Waals surface area (Å²) in [5.74, 6) is -1.41. The number of carboxylic acid groups (broad SMARTS) is 1. The molecule has 0 fully saturated rings. The van der Waals surface area contributed by atoms with Crippen molar-refractivity contribution in [2.24, 2.45) is 0 Å². The maximum atomic E-state index is 12.7. The summed E-state index contributed by atoms with van der Waals surface area (Å²) in [6, 6.07) is 7.28. The first-order chi connectivity index (χ1) is 9.51. The molecule has 0 aliphatic heterocycles. The van der Waals surface area contributed by atoms with Crippen LogP contribution in [0.4, 0.5) is 8.78 Å². The Hall–Kier alpha value is -2.50. The van der Waals surface area contributed by atoms with E-state index < -0.39 is 23.7 Å². The van der Waals surface area contributed by atoms with Gasteiger partial charge in [0.15, 0.2) is 0 Å². The minimum atomic E-state index is -2.91. The lowest BCUT2D eigenvalue weighted by Gasteiger charge is -2.02. The van der Waals surface area contributed by atoms with Gasteiger partial charge in [0.2, 0.25) is 0 Å². The van der Waals surface area contributed by atoms with Crippen LogP contribution < -0.4 is 0 Å². The summed E-state index contributed by atoms with van der Waals surface area (Å²) in [6.45, 7) is 3.86. The van der Waals surface area contributed by atoms with E-state index in [0.29, 0.717) is 0 Å². The fraction of sp³-hybridized carbons (Fsp3) is 0.143. The molecule has 0 unspecified atom stereocenters. The van der Waals surface area contributed by atoms with Crippen LogP contribution in [0.2, 0.25) is 0 Å². The Morgan fingerprint density at radius 2 is 2.05 bits per heavy atom. The standard InChI is InChI=1S/C14H12F2N2O2/c1-2-9-3-5-10(6-4-9)7-18-8-11(14(19)20)12(17-18)13(15)16/h2-6,8,13H,1,7H2,(H,19,20). The van der Waals surface area contributed by atoms with Crippen molar-refractivity contribution in [2.75, 3.05) is 0 Å². The van der Waals surface area contributed by atoms with Gasteiger partial charge in [0, 0.05) is 6.20 Å². The molecule has 0 atom stereocenters. The Bertz CT molecular complexity index is 633. The zero-order chi connectivity index (χ0) is 14.7. The number of carboxylic acids is 1. The highest BCUT2D eigenvalue weighted by atomic mass is 19.3. The van der Waals surface area contributed by atoms with Crippen molar-refractivity contribution in [2.45, 2.75) is 13.0 Å². The maximum absolute atomic E-state index is 12.7. The molecule has 0 saturated heterocycles. The highest BCUT2D eigenvalue weighted by Gasteiger charge is 2.22. The summed E-state index contributed by atoms with van der Waals surface area (Å²) in [4.78, 5) is 10.9. The summed E-state index contributed by atoms with van der Waals surface area (Å²) in [5.41, 5.74) is 0.590. The third kappa shape index (κ3) is 2.90. The number of carbonyl (C=O) groups is 1. The molecule has 6 heteroatoms. The normalized spacial score (nSPS) is 10.8. The van der Waals surface area contributed by atoms with Gasteiger partial charge < -0.3 is 5.11 Å². The fourth-order valence-electron chi connectivity index (χ4n) is 1.79. The molecule has 0 spiro atoms. The second-order valence-electron chi connectivity index (χ2n) is 4.18. The number of aromatic carboxylic acids is 1. The topological polar surface area (TPSA) is 55.1 Å². The van der Waals surface area contributed by atoms with Crippen molar-refractivity contribution in [3.05, 3.63) is 59.4 Å². The third-order valence-corrected chi connectivity index (χ3v) is 2.79. The first-order valence-corrected chi connectivity index (χ1v) is 5.81. The zero-order valence-corrected chi connectivity index (χ0v) is 10.5. The van der Waals surface area contributed by atoms with E-state index >= 15 is 0 Å². The Kier molecular flexibility index (Phi) is 3.93. The minimum absolute atomic E-state index is 0.227. The van der Waals surface area contributed by atoms with Gasteiger partial charge in [-0.3, -0.25) is 4.68 Å². The van der Waals surface area contributed by atoms with E-state index in [1.165, 1.54) is 4.68 Å². The largest absolute Gasteiger partial charge is 0.478 e. The SMILES string of the molecule is C=Cc1ccc(Cn2cc(C(=O)O)c(C(F)F)n2)cc1. The van der Waals surface area contributed by atoms with Crippen LogP contribution in [0.3, 0.4) is 0 Å². The van der Waals surface area contributed by atoms with Gasteiger partial charge >= 0.3 is 5.97 Å². The Morgan fingerprint density at radius 1 is 1.40 bits per heavy atom. The van der Waals surface area contributed by atoms with Crippen LogP contribution in [-0.4, -0.2) is 20.9 Å². The molecule has 104 valence electrons. The van der Waals surface area contributed by atoms with Crippen molar-refractivity contribution in [3.63, 3.8) is 0 Å². The lowest BCUT2D eigenvalue weighted by atomic mass is 10.1. The van der Waals surface area contributed by atoms with E-state index in [0.717, 1.165) is 17.3 Å². The lowest BCUT2D eigenvalue weighted by molar-refractivity contribution is 0.0684. The van der Waals surface area contributed by atoms with Crippen molar-refractivity contribution in [1.82, 2.24) is 9.78 Å². The van der Waals surface area contributed by atoms with Gasteiger partial charge in [-0.15, -0.1) is 0 Å². The number of hydrogen-bond acceptors (Lipinski definition) is 2. The second-order valence-corrected chi connectivity index (χ2v) is 4.18. The number of rotatable bonds is 5. The molecule has 1 heterocycles. The average molecular weight is 278 g/mol. The smallest absolute Gasteiger partial charge is 0.339 e. The number of halogens is 2. The van der Waals surface area contributed by atoms with Crippen molar-refractivity contribution in [1.29, 1.82) is 0 Å². The van der Waals surface area contributed by atoms with Gasteiger partial charge in [-0.05, 0) is 11.1 Å². The van der Waals surface area contributed by atoms with Crippen LogP contribution in [0, 0.1) is 0 Å². The second kappa shape index (κ2) is 5.64. The molecule has 0 aliphatic rings. The molecule has 0 radical (unpaired) electrons. The van der Waals surface area contributed by atoms with Gasteiger partial charge in [0.05, 0.1) is 6.54 Å². The van der Waals surface area contributed by atoms with Gasteiger partial charge in [0.1, 0.15) is 11.3 Å². The number of hydrogen-bond donors (Lipinski definition) is 1.